The summed E-state index contributed by atoms with van der Waals surface area (Å²) in [5.74, 6) is 0.484. The molecule has 0 saturated carbocycles. The van der Waals surface area contributed by atoms with Crippen molar-refractivity contribution in [3.05, 3.63) is 99.6 Å². The van der Waals surface area contributed by atoms with E-state index in [1.807, 2.05) is 64.1 Å². The number of benzene rings is 3. The second-order valence-corrected chi connectivity index (χ2v) is 9.42. The summed E-state index contributed by atoms with van der Waals surface area (Å²) in [4.78, 5) is 13.1. The van der Waals surface area contributed by atoms with E-state index in [-0.39, 0.29) is 17.4 Å². The van der Waals surface area contributed by atoms with Crippen LogP contribution in [-0.2, 0) is 0 Å². The summed E-state index contributed by atoms with van der Waals surface area (Å²) in [5.41, 5.74) is 11.6. The van der Waals surface area contributed by atoms with Crippen LogP contribution in [-0.4, -0.2) is 12.6 Å². The molecule has 1 unspecified atom stereocenters. The Balaban J connectivity index is 1.47. The third-order valence-corrected chi connectivity index (χ3v) is 6.80. The van der Waals surface area contributed by atoms with Gasteiger partial charge in [-0.2, -0.15) is 5.26 Å². The van der Waals surface area contributed by atoms with Crippen LogP contribution in [0.3, 0.4) is 0 Å². The lowest BCUT2D eigenvalue weighted by atomic mass is 9.83. The number of carbonyl (C=O) groups is 1. The quantitative estimate of drug-likeness (QED) is 0.231. The molecular formula is C31H28N2O5. The maximum atomic E-state index is 13.1. The predicted octanol–water partition coefficient (Wildman–Crippen LogP) is 6.58. The van der Waals surface area contributed by atoms with E-state index < -0.39 is 11.9 Å². The first-order valence-electron chi connectivity index (χ1n) is 12.5. The highest BCUT2D eigenvalue weighted by molar-refractivity contribution is 5.97. The van der Waals surface area contributed by atoms with E-state index in [2.05, 4.69) is 6.07 Å². The van der Waals surface area contributed by atoms with Crippen LogP contribution in [0, 0.1) is 32.1 Å². The molecule has 2 heterocycles. The summed E-state index contributed by atoms with van der Waals surface area (Å²) in [5, 5.41) is 10.7. The van der Waals surface area contributed by atoms with Crippen LogP contribution in [0.2, 0.25) is 0 Å². The van der Waals surface area contributed by atoms with Crippen LogP contribution in [0.5, 0.6) is 17.2 Å². The lowest BCUT2D eigenvalue weighted by Crippen LogP contribution is -2.21. The molecule has 5 rings (SSSR count). The molecule has 0 amide bonds. The van der Waals surface area contributed by atoms with Gasteiger partial charge in [0.05, 0.1) is 12.5 Å². The maximum absolute atomic E-state index is 13.1. The number of carbonyl (C=O) groups excluding carboxylic acids is 1. The fourth-order valence-electron chi connectivity index (χ4n) is 4.67. The number of nitrogens with zero attached hydrogens (tertiary/aromatic N) is 1. The average Bonchev–Trinajstić information content (AvgIpc) is 3.22. The standard InChI is InChI=1S/C31H28N2O5/c1-5-11-35-21-8-6-7-20(14-21)28-23-10-9-22(15-27(23)38-30(33)25(28)16-32)36-31(34)29-19(4)24-12-17(2)18(3)13-26(24)37-29/h6-10,12-15,28H,5,11,33H2,1-4H3. The van der Waals surface area contributed by atoms with Crippen molar-refractivity contribution in [1.82, 2.24) is 0 Å². The zero-order valence-corrected chi connectivity index (χ0v) is 21.8. The highest BCUT2D eigenvalue weighted by atomic mass is 16.5. The zero-order valence-electron chi connectivity index (χ0n) is 21.8. The van der Waals surface area contributed by atoms with Gasteiger partial charge >= 0.3 is 5.97 Å². The van der Waals surface area contributed by atoms with E-state index in [1.165, 1.54) is 0 Å². The molecule has 1 atom stereocenters. The van der Waals surface area contributed by atoms with E-state index in [9.17, 15) is 10.1 Å². The molecule has 0 spiro atoms. The smallest absolute Gasteiger partial charge is 0.379 e. The monoisotopic (exact) mass is 508 g/mol. The van der Waals surface area contributed by atoms with Gasteiger partial charge in [0.25, 0.3) is 0 Å². The number of furan rings is 1. The number of hydrogen-bond acceptors (Lipinski definition) is 7. The van der Waals surface area contributed by atoms with Gasteiger partial charge in [-0.1, -0.05) is 25.1 Å². The van der Waals surface area contributed by atoms with Crippen molar-refractivity contribution in [2.75, 3.05) is 6.61 Å². The van der Waals surface area contributed by atoms with Crippen molar-refractivity contribution in [3.8, 4) is 23.3 Å². The van der Waals surface area contributed by atoms with E-state index in [0.717, 1.165) is 39.6 Å². The fraction of sp³-hybridized carbons (Fsp3) is 0.226. The Morgan fingerprint density at radius 2 is 1.84 bits per heavy atom. The lowest BCUT2D eigenvalue weighted by Gasteiger charge is -2.27. The number of fused-ring (bicyclic) bond motifs is 2. The van der Waals surface area contributed by atoms with Crippen LogP contribution < -0.4 is 19.9 Å². The minimum absolute atomic E-state index is 0.00669. The van der Waals surface area contributed by atoms with Gasteiger partial charge in [-0.25, -0.2) is 4.79 Å². The molecule has 7 nitrogen and oxygen atoms in total. The molecule has 1 aromatic heterocycles. The number of rotatable bonds is 6. The summed E-state index contributed by atoms with van der Waals surface area (Å²) in [7, 11) is 0. The molecule has 3 aromatic carbocycles. The highest BCUT2D eigenvalue weighted by Gasteiger charge is 2.31. The summed E-state index contributed by atoms with van der Waals surface area (Å²) in [6.07, 6.45) is 0.884. The molecule has 2 N–H and O–H groups in total. The van der Waals surface area contributed by atoms with Gasteiger partial charge < -0.3 is 24.4 Å². The minimum Gasteiger partial charge on any atom is -0.494 e. The van der Waals surface area contributed by atoms with Crippen LogP contribution in [0.4, 0.5) is 0 Å². The summed E-state index contributed by atoms with van der Waals surface area (Å²) < 4.78 is 23.1. The topological polar surface area (TPSA) is 108 Å². The van der Waals surface area contributed by atoms with E-state index in [0.29, 0.717) is 29.3 Å². The van der Waals surface area contributed by atoms with Crippen molar-refractivity contribution in [3.63, 3.8) is 0 Å². The molecule has 1 aliphatic rings. The molecular weight excluding hydrogens is 480 g/mol. The number of hydrogen-bond donors (Lipinski definition) is 1. The number of ether oxygens (including phenoxy) is 3. The van der Waals surface area contributed by atoms with Gasteiger partial charge in [0.1, 0.15) is 34.5 Å². The third-order valence-electron chi connectivity index (χ3n) is 6.80. The van der Waals surface area contributed by atoms with E-state index in [4.69, 9.17) is 24.4 Å². The van der Waals surface area contributed by atoms with Crippen LogP contribution in [0.1, 0.15) is 57.6 Å². The van der Waals surface area contributed by atoms with E-state index >= 15 is 0 Å². The van der Waals surface area contributed by atoms with Gasteiger partial charge in [-0.3, -0.25) is 0 Å². The van der Waals surface area contributed by atoms with Gasteiger partial charge in [-0.05, 0) is 74.2 Å². The van der Waals surface area contributed by atoms with Gasteiger partial charge in [0, 0.05) is 22.6 Å². The first-order valence-corrected chi connectivity index (χ1v) is 12.5. The molecule has 0 fully saturated rings. The largest absolute Gasteiger partial charge is 0.494 e. The number of aryl methyl sites for hydroxylation is 3. The molecule has 7 heteroatoms. The Morgan fingerprint density at radius 3 is 2.61 bits per heavy atom. The lowest BCUT2D eigenvalue weighted by molar-refractivity contribution is 0.0702. The van der Waals surface area contributed by atoms with Crippen LogP contribution in [0.15, 0.2) is 70.5 Å². The van der Waals surface area contributed by atoms with Crippen molar-refractivity contribution in [1.29, 1.82) is 5.26 Å². The molecule has 0 bridgehead atoms. The number of allylic oxidation sites excluding steroid dienone is 1. The van der Waals surface area contributed by atoms with Crippen LogP contribution >= 0.6 is 0 Å². The zero-order chi connectivity index (χ0) is 27.0. The second-order valence-electron chi connectivity index (χ2n) is 9.42. The van der Waals surface area contributed by atoms with Crippen LogP contribution in [0.25, 0.3) is 11.0 Å². The average molecular weight is 509 g/mol. The first kappa shape index (κ1) is 25.0. The summed E-state index contributed by atoms with van der Waals surface area (Å²) >= 11 is 0. The summed E-state index contributed by atoms with van der Waals surface area (Å²) in [6.45, 7) is 8.49. The van der Waals surface area contributed by atoms with Crippen molar-refractivity contribution in [2.24, 2.45) is 5.73 Å². The minimum atomic E-state index is -0.608. The maximum Gasteiger partial charge on any atom is 0.379 e. The highest BCUT2D eigenvalue weighted by Crippen LogP contribution is 2.44. The number of nitrogens with two attached hydrogens (primary N) is 1. The molecule has 0 radical (unpaired) electrons. The Morgan fingerprint density at radius 1 is 1.05 bits per heavy atom. The summed E-state index contributed by atoms with van der Waals surface area (Å²) in [6, 6.07) is 18.8. The second kappa shape index (κ2) is 9.98. The molecule has 38 heavy (non-hydrogen) atoms. The molecule has 4 aromatic rings. The predicted molar refractivity (Wildman–Crippen MR) is 143 cm³/mol. The number of esters is 1. The normalized spacial score (nSPS) is 14.6. The Labute approximate surface area is 221 Å². The van der Waals surface area contributed by atoms with Crippen molar-refractivity contribution in [2.45, 2.75) is 40.0 Å². The number of nitriles is 1. The Hall–Kier alpha value is -4.70. The fourth-order valence-corrected chi connectivity index (χ4v) is 4.67. The molecule has 1 aliphatic heterocycles. The molecule has 0 aliphatic carbocycles. The van der Waals surface area contributed by atoms with Crippen molar-refractivity contribution >= 4 is 16.9 Å². The Kier molecular flexibility index (Phi) is 6.56. The molecule has 0 saturated heterocycles. The van der Waals surface area contributed by atoms with Gasteiger partial charge in [-0.15, -0.1) is 0 Å². The van der Waals surface area contributed by atoms with Gasteiger partial charge in [0.2, 0.25) is 11.6 Å². The SMILES string of the molecule is CCCOc1cccc(C2C(C#N)=C(N)Oc3cc(OC(=O)c4oc5cc(C)c(C)cc5c4C)ccc32)c1. The third kappa shape index (κ3) is 4.46. The Bertz CT molecular complexity index is 1640. The van der Waals surface area contributed by atoms with Crippen molar-refractivity contribution < 1.29 is 23.4 Å². The van der Waals surface area contributed by atoms with E-state index in [1.54, 1.807) is 18.2 Å². The molecule has 192 valence electrons. The van der Waals surface area contributed by atoms with Gasteiger partial charge in [0.15, 0.2) is 0 Å². The first-order chi connectivity index (χ1) is 18.3.